The lowest BCUT2D eigenvalue weighted by molar-refractivity contribution is 0.540. The fourth-order valence-corrected chi connectivity index (χ4v) is 2.95. The maximum absolute atomic E-state index is 12.2. The van der Waals surface area contributed by atoms with Crippen molar-refractivity contribution in [2.45, 2.75) is 32.7 Å². The zero-order valence-electron chi connectivity index (χ0n) is 11.3. The van der Waals surface area contributed by atoms with Crippen LogP contribution in [-0.4, -0.2) is 29.4 Å². The van der Waals surface area contributed by atoms with Gasteiger partial charge in [0.1, 0.15) is 4.47 Å². The fraction of sp³-hybridized carbons (Fsp3) is 0.692. The van der Waals surface area contributed by atoms with Crippen molar-refractivity contribution in [2.75, 3.05) is 24.5 Å². The van der Waals surface area contributed by atoms with E-state index in [4.69, 9.17) is 5.73 Å². The molecule has 0 aliphatic carbocycles. The van der Waals surface area contributed by atoms with Crippen LogP contribution in [0.25, 0.3) is 0 Å². The molecule has 2 heterocycles. The number of unbranched alkanes of at least 4 members (excludes halogenated alkanes) is 1. The van der Waals surface area contributed by atoms with Crippen molar-refractivity contribution in [2.24, 2.45) is 11.7 Å². The topological polar surface area (TPSA) is 64.2 Å². The van der Waals surface area contributed by atoms with E-state index in [2.05, 4.69) is 32.9 Å². The second kappa shape index (κ2) is 6.52. The second-order valence-electron chi connectivity index (χ2n) is 5.06. The molecule has 0 amide bonds. The molecule has 1 aromatic rings. The molecule has 1 saturated heterocycles. The van der Waals surface area contributed by atoms with E-state index in [-0.39, 0.29) is 5.56 Å². The Bertz CT molecular complexity index is 488. The number of aromatic nitrogens is 2. The molecule has 1 aromatic heterocycles. The van der Waals surface area contributed by atoms with E-state index in [1.165, 1.54) is 4.68 Å². The van der Waals surface area contributed by atoms with Crippen molar-refractivity contribution in [1.29, 1.82) is 0 Å². The van der Waals surface area contributed by atoms with Crippen molar-refractivity contribution >= 4 is 21.6 Å². The zero-order chi connectivity index (χ0) is 13.8. The first kappa shape index (κ1) is 14.5. The highest BCUT2D eigenvalue weighted by Gasteiger charge is 2.24. The third-order valence-corrected chi connectivity index (χ3v) is 4.40. The molecule has 19 heavy (non-hydrogen) atoms. The monoisotopic (exact) mass is 328 g/mol. The van der Waals surface area contributed by atoms with Gasteiger partial charge in [0.2, 0.25) is 0 Å². The molecule has 0 aromatic carbocycles. The molecular formula is C13H21BrN4O. The minimum atomic E-state index is -0.0397. The van der Waals surface area contributed by atoms with Gasteiger partial charge in [-0.2, -0.15) is 5.10 Å². The SMILES string of the molecule is CCCCn1ncc(N2CCC(CN)C2)c(Br)c1=O. The predicted octanol–water partition coefficient (Wildman–Crippen LogP) is 1.59. The smallest absolute Gasteiger partial charge is 0.283 e. The highest BCUT2D eigenvalue weighted by molar-refractivity contribution is 9.10. The Balaban J connectivity index is 2.19. The van der Waals surface area contributed by atoms with Crippen LogP contribution in [0.4, 0.5) is 5.69 Å². The summed E-state index contributed by atoms with van der Waals surface area (Å²) in [5.41, 5.74) is 6.56. The first-order chi connectivity index (χ1) is 9.17. The molecule has 0 spiro atoms. The molecule has 6 heteroatoms. The average Bonchev–Trinajstić information content (AvgIpc) is 2.89. The Morgan fingerprint density at radius 3 is 3.00 bits per heavy atom. The Morgan fingerprint density at radius 2 is 2.37 bits per heavy atom. The van der Waals surface area contributed by atoms with E-state index >= 15 is 0 Å². The van der Waals surface area contributed by atoms with Crippen LogP contribution in [0.3, 0.4) is 0 Å². The summed E-state index contributed by atoms with van der Waals surface area (Å²) in [5, 5.41) is 4.27. The first-order valence-corrected chi connectivity index (χ1v) is 7.67. The Kier molecular flexibility index (Phi) is 4.99. The van der Waals surface area contributed by atoms with Crippen molar-refractivity contribution in [1.82, 2.24) is 9.78 Å². The third-order valence-electron chi connectivity index (χ3n) is 3.65. The molecule has 5 nitrogen and oxygen atoms in total. The average molecular weight is 329 g/mol. The van der Waals surface area contributed by atoms with Crippen molar-refractivity contribution in [3.63, 3.8) is 0 Å². The first-order valence-electron chi connectivity index (χ1n) is 6.88. The van der Waals surface area contributed by atoms with Crippen LogP contribution in [0, 0.1) is 5.92 Å². The second-order valence-corrected chi connectivity index (χ2v) is 5.86. The lowest BCUT2D eigenvalue weighted by Gasteiger charge is -2.19. The van der Waals surface area contributed by atoms with Gasteiger partial charge < -0.3 is 10.6 Å². The van der Waals surface area contributed by atoms with Gasteiger partial charge in [-0.3, -0.25) is 4.79 Å². The lowest BCUT2D eigenvalue weighted by Crippen LogP contribution is -2.29. The summed E-state index contributed by atoms with van der Waals surface area (Å²) < 4.78 is 2.16. The van der Waals surface area contributed by atoms with Crippen LogP contribution in [0.15, 0.2) is 15.5 Å². The van der Waals surface area contributed by atoms with Gasteiger partial charge in [0.15, 0.2) is 0 Å². The van der Waals surface area contributed by atoms with Crippen molar-refractivity contribution in [3.05, 3.63) is 21.0 Å². The summed E-state index contributed by atoms with van der Waals surface area (Å²) in [7, 11) is 0. The van der Waals surface area contributed by atoms with Gasteiger partial charge in [-0.25, -0.2) is 4.68 Å². The van der Waals surface area contributed by atoms with E-state index in [1.807, 2.05) is 0 Å². The van der Waals surface area contributed by atoms with Gasteiger partial charge in [-0.05, 0) is 41.2 Å². The molecule has 2 rings (SSSR count). The third kappa shape index (κ3) is 3.17. The molecule has 0 bridgehead atoms. The molecule has 1 aliphatic heterocycles. The van der Waals surface area contributed by atoms with E-state index < -0.39 is 0 Å². The molecule has 1 unspecified atom stereocenters. The number of nitrogens with two attached hydrogens (primary N) is 1. The summed E-state index contributed by atoms with van der Waals surface area (Å²) in [4.78, 5) is 14.4. The number of aryl methyl sites for hydroxylation is 1. The number of rotatable bonds is 5. The lowest BCUT2D eigenvalue weighted by atomic mass is 10.1. The molecule has 1 fully saturated rings. The summed E-state index contributed by atoms with van der Waals surface area (Å²) in [6.45, 7) is 5.34. The van der Waals surface area contributed by atoms with Crippen molar-refractivity contribution in [3.8, 4) is 0 Å². The Labute approximate surface area is 121 Å². The van der Waals surface area contributed by atoms with Crippen LogP contribution in [0.1, 0.15) is 26.2 Å². The number of nitrogens with zero attached hydrogens (tertiary/aromatic N) is 3. The minimum Gasteiger partial charge on any atom is -0.369 e. The van der Waals surface area contributed by atoms with Gasteiger partial charge in [0.25, 0.3) is 5.56 Å². The molecule has 2 N–H and O–H groups in total. The number of hydrogen-bond acceptors (Lipinski definition) is 4. The van der Waals surface area contributed by atoms with E-state index in [9.17, 15) is 4.79 Å². The predicted molar refractivity (Wildman–Crippen MR) is 80.5 cm³/mol. The summed E-state index contributed by atoms with van der Waals surface area (Å²) >= 11 is 3.43. The van der Waals surface area contributed by atoms with Gasteiger partial charge in [-0.1, -0.05) is 13.3 Å². The van der Waals surface area contributed by atoms with Gasteiger partial charge in [0.05, 0.1) is 11.9 Å². The molecule has 106 valence electrons. The Hall–Kier alpha value is -0.880. The van der Waals surface area contributed by atoms with Crippen molar-refractivity contribution < 1.29 is 0 Å². The molecule has 0 saturated carbocycles. The number of hydrogen-bond donors (Lipinski definition) is 1. The highest BCUT2D eigenvalue weighted by atomic mass is 79.9. The molecule has 0 radical (unpaired) electrons. The molecule has 1 atom stereocenters. The molecule has 1 aliphatic rings. The van der Waals surface area contributed by atoms with E-state index in [1.54, 1.807) is 6.20 Å². The maximum Gasteiger partial charge on any atom is 0.283 e. The fourth-order valence-electron chi connectivity index (χ4n) is 2.39. The van der Waals surface area contributed by atoms with E-state index in [0.717, 1.165) is 38.0 Å². The van der Waals surface area contributed by atoms with Gasteiger partial charge in [-0.15, -0.1) is 0 Å². The van der Waals surface area contributed by atoms with Crippen LogP contribution >= 0.6 is 15.9 Å². The largest absolute Gasteiger partial charge is 0.369 e. The van der Waals surface area contributed by atoms with E-state index in [0.29, 0.717) is 23.5 Å². The van der Waals surface area contributed by atoms with Gasteiger partial charge >= 0.3 is 0 Å². The normalized spacial score (nSPS) is 19.1. The minimum absolute atomic E-state index is 0.0397. The van der Waals surface area contributed by atoms with Crippen LogP contribution in [0.5, 0.6) is 0 Å². The number of halogens is 1. The van der Waals surface area contributed by atoms with Gasteiger partial charge in [0, 0.05) is 19.6 Å². The van der Waals surface area contributed by atoms with Crippen LogP contribution in [-0.2, 0) is 6.54 Å². The zero-order valence-corrected chi connectivity index (χ0v) is 12.9. The number of anilines is 1. The highest BCUT2D eigenvalue weighted by Crippen LogP contribution is 2.27. The summed E-state index contributed by atoms with van der Waals surface area (Å²) in [5.74, 6) is 0.523. The summed E-state index contributed by atoms with van der Waals surface area (Å²) in [6.07, 6.45) is 4.90. The maximum atomic E-state index is 12.2. The molecular weight excluding hydrogens is 308 g/mol. The van der Waals surface area contributed by atoms with Crippen LogP contribution in [0.2, 0.25) is 0 Å². The van der Waals surface area contributed by atoms with Crippen LogP contribution < -0.4 is 16.2 Å². The Morgan fingerprint density at radius 1 is 1.58 bits per heavy atom. The standard InChI is InChI=1S/C13H21BrN4O/c1-2-3-5-18-13(19)12(14)11(8-16-18)17-6-4-10(7-15)9-17/h8,10H,2-7,9,15H2,1H3. The quantitative estimate of drug-likeness (QED) is 0.891. The summed E-state index contributed by atoms with van der Waals surface area (Å²) in [6, 6.07) is 0.